The Hall–Kier alpha value is -2.73. The lowest BCUT2D eigenvalue weighted by Gasteiger charge is -2.18. The first kappa shape index (κ1) is 23.3. The molecule has 0 heterocycles. The molecule has 26 heavy (non-hydrogen) atoms. The normalized spacial score (nSPS) is 15.2. The maximum Gasteiger partial charge on any atom is 0.151 e. The summed E-state index contributed by atoms with van der Waals surface area (Å²) in [6.07, 6.45) is 18.0. The molecule has 0 aromatic heterocycles. The Morgan fingerprint density at radius 1 is 1.12 bits per heavy atom. The van der Waals surface area contributed by atoms with Gasteiger partial charge in [0, 0.05) is 18.0 Å². The number of hydrogen-bond acceptors (Lipinski definition) is 2. The van der Waals surface area contributed by atoms with Crippen LogP contribution >= 0.6 is 0 Å². The SMILES string of the molecule is C#C.CC.CCC1=CC(C)(C)C=C(c2ccccc2/C(N)=N/NC)C=C1. The lowest BCUT2D eigenvalue weighted by Crippen LogP contribution is -2.18. The predicted molar refractivity (Wildman–Crippen MR) is 117 cm³/mol. The number of terminal acetylenes is 1. The van der Waals surface area contributed by atoms with Crippen LogP contribution in [0, 0.1) is 18.3 Å². The minimum atomic E-state index is 0.00615. The molecule has 140 valence electrons. The van der Waals surface area contributed by atoms with E-state index in [0.29, 0.717) is 5.84 Å². The van der Waals surface area contributed by atoms with E-state index in [4.69, 9.17) is 5.73 Å². The van der Waals surface area contributed by atoms with E-state index in [1.807, 2.05) is 32.0 Å². The van der Waals surface area contributed by atoms with E-state index in [1.165, 1.54) is 11.1 Å². The van der Waals surface area contributed by atoms with Crippen molar-refractivity contribution in [3.8, 4) is 12.8 Å². The predicted octanol–water partition coefficient (Wildman–Crippen LogP) is 5.12. The summed E-state index contributed by atoms with van der Waals surface area (Å²) in [4.78, 5) is 0. The molecule has 1 aliphatic carbocycles. The minimum Gasteiger partial charge on any atom is -0.382 e. The number of nitrogens with zero attached hydrogens (tertiary/aromatic N) is 1. The highest BCUT2D eigenvalue weighted by Crippen LogP contribution is 2.33. The molecule has 0 atom stereocenters. The van der Waals surface area contributed by atoms with Gasteiger partial charge in [0.05, 0.1) is 0 Å². The van der Waals surface area contributed by atoms with E-state index in [0.717, 1.165) is 17.5 Å². The van der Waals surface area contributed by atoms with Gasteiger partial charge in [0.15, 0.2) is 5.84 Å². The van der Waals surface area contributed by atoms with Crippen molar-refractivity contribution >= 4 is 11.4 Å². The van der Waals surface area contributed by atoms with Gasteiger partial charge >= 0.3 is 0 Å². The molecule has 0 spiro atoms. The minimum absolute atomic E-state index is 0.00615. The van der Waals surface area contributed by atoms with Gasteiger partial charge in [-0.1, -0.05) is 88.8 Å². The van der Waals surface area contributed by atoms with E-state index in [-0.39, 0.29) is 5.41 Å². The number of hydrazone groups is 1. The highest BCUT2D eigenvalue weighted by molar-refractivity contribution is 6.02. The third kappa shape index (κ3) is 6.64. The number of hydrogen-bond donors (Lipinski definition) is 2. The van der Waals surface area contributed by atoms with Gasteiger partial charge in [-0.25, -0.2) is 0 Å². The molecule has 0 unspecified atom stereocenters. The molecule has 1 aliphatic rings. The van der Waals surface area contributed by atoms with Crippen molar-refractivity contribution in [1.29, 1.82) is 0 Å². The Morgan fingerprint density at radius 2 is 1.73 bits per heavy atom. The molecule has 0 aliphatic heterocycles. The van der Waals surface area contributed by atoms with E-state index in [1.54, 1.807) is 7.05 Å². The van der Waals surface area contributed by atoms with Crippen LogP contribution in [0.1, 0.15) is 52.2 Å². The molecule has 0 saturated carbocycles. The number of nitrogens with two attached hydrogens (primary N) is 1. The zero-order chi connectivity index (χ0) is 20.2. The second-order valence-electron chi connectivity index (χ2n) is 6.09. The smallest absolute Gasteiger partial charge is 0.151 e. The standard InChI is InChI=1S/C19H25N3.C2H6.C2H2/c1-5-14-10-11-15(13-19(2,3)12-14)16-8-6-7-9-17(16)18(20)22-21-4;2*1-2/h6-13,21H,5H2,1-4H3,(H2,20,22);1-2H3;1-2H. The van der Waals surface area contributed by atoms with Crippen LogP contribution in [0.2, 0.25) is 0 Å². The van der Waals surface area contributed by atoms with E-state index < -0.39 is 0 Å². The average Bonchev–Trinajstić information content (AvgIpc) is 2.83. The summed E-state index contributed by atoms with van der Waals surface area (Å²) in [7, 11) is 1.75. The Kier molecular flexibility index (Phi) is 10.5. The van der Waals surface area contributed by atoms with Gasteiger partial charge in [-0.15, -0.1) is 12.8 Å². The molecule has 3 heteroatoms. The topological polar surface area (TPSA) is 50.4 Å². The maximum absolute atomic E-state index is 6.10. The van der Waals surface area contributed by atoms with Crippen LogP contribution in [0.4, 0.5) is 0 Å². The maximum atomic E-state index is 6.10. The molecule has 0 saturated heterocycles. The second kappa shape index (κ2) is 11.8. The quantitative estimate of drug-likeness (QED) is 0.342. The Bertz CT molecular complexity index is 701. The molecule has 1 aromatic carbocycles. The van der Waals surface area contributed by atoms with Gasteiger partial charge in [0.2, 0.25) is 0 Å². The molecule has 0 bridgehead atoms. The van der Waals surface area contributed by atoms with E-state index in [2.05, 4.69) is 74.5 Å². The van der Waals surface area contributed by atoms with Gasteiger partial charge in [0.25, 0.3) is 0 Å². The molecule has 1 aromatic rings. The van der Waals surface area contributed by atoms with Crippen LogP contribution in [0.3, 0.4) is 0 Å². The first-order valence-corrected chi connectivity index (χ1v) is 9.02. The number of rotatable bonds is 4. The summed E-state index contributed by atoms with van der Waals surface area (Å²) in [5.74, 6) is 0.498. The average molecular weight is 352 g/mol. The number of nitrogens with one attached hydrogen (secondary N) is 1. The summed E-state index contributed by atoms with van der Waals surface area (Å²) < 4.78 is 0. The van der Waals surface area contributed by atoms with Crippen LogP contribution in [0.25, 0.3) is 5.57 Å². The van der Waals surface area contributed by atoms with Crippen LogP contribution in [-0.4, -0.2) is 12.9 Å². The van der Waals surface area contributed by atoms with Crippen LogP contribution < -0.4 is 11.2 Å². The van der Waals surface area contributed by atoms with E-state index in [9.17, 15) is 0 Å². The largest absolute Gasteiger partial charge is 0.382 e. The summed E-state index contributed by atoms with van der Waals surface area (Å²) in [6, 6.07) is 8.12. The van der Waals surface area contributed by atoms with Crippen molar-refractivity contribution in [3.63, 3.8) is 0 Å². The Labute approximate surface area is 159 Å². The first-order chi connectivity index (χ1) is 12.5. The van der Waals surface area contributed by atoms with Gasteiger partial charge in [-0.2, -0.15) is 5.10 Å². The van der Waals surface area contributed by atoms with Crippen molar-refractivity contribution in [2.45, 2.75) is 41.0 Å². The van der Waals surface area contributed by atoms with Gasteiger partial charge in [0.1, 0.15) is 0 Å². The zero-order valence-electron chi connectivity index (χ0n) is 17.0. The molecule has 0 fully saturated rings. The fourth-order valence-corrected chi connectivity index (χ4v) is 2.74. The van der Waals surface area contributed by atoms with Crippen molar-refractivity contribution in [2.75, 3.05) is 7.05 Å². The Morgan fingerprint density at radius 3 is 2.31 bits per heavy atom. The van der Waals surface area contributed by atoms with Crippen LogP contribution in [0.5, 0.6) is 0 Å². The van der Waals surface area contributed by atoms with Crippen LogP contribution in [0.15, 0.2) is 59.2 Å². The van der Waals surface area contributed by atoms with Gasteiger partial charge < -0.3 is 11.2 Å². The molecule has 3 N–H and O–H groups in total. The summed E-state index contributed by atoms with van der Waals surface area (Å²) in [5.41, 5.74) is 13.4. The molecular formula is C23H33N3. The fourth-order valence-electron chi connectivity index (χ4n) is 2.74. The first-order valence-electron chi connectivity index (χ1n) is 9.02. The van der Waals surface area contributed by atoms with Gasteiger partial charge in [-0.3, -0.25) is 0 Å². The van der Waals surface area contributed by atoms with Crippen molar-refractivity contribution < 1.29 is 0 Å². The number of amidine groups is 1. The van der Waals surface area contributed by atoms with Crippen LogP contribution in [-0.2, 0) is 0 Å². The summed E-state index contributed by atoms with van der Waals surface area (Å²) in [5, 5.41) is 4.12. The third-order valence-corrected chi connectivity index (χ3v) is 3.72. The fraction of sp³-hybridized carbons (Fsp3) is 0.348. The molecule has 3 nitrogen and oxygen atoms in total. The lowest BCUT2D eigenvalue weighted by molar-refractivity contribution is 0.623. The van der Waals surface area contributed by atoms with Crippen molar-refractivity contribution in [1.82, 2.24) is 5.43 Å². The monoisotopic (exact) mass is 351 g/mol. The number of benzene rings is 1. The van der Waals surface area contributed by atoms with Gasteiger partial charge in [-0.05, 0) is 17.6 Å². The zero-order valence-corrected chi connectivity index (χ0v) is 17.0. The summed E-state index contributed by atoms with van der Waals surface area (Å²) in [6.45, 7) is 10.6. The molecule has 0 amide bonds. The van der Waals surface area contributed by atoms with E-state index >= 15 is 0 Å². The lowest BCUT2D eigenvalue weighted by atomic mass is 9.87. The Balaban J connectivity index is 0.00000146. The second-order valence-corrected chi connectivity index (χ2v) is 6.09. The highest BCUT2D eigenvalue weighted by Gasteiger charge is 2.18. The third-order valence-electron chi connectivity index (χ3n) is 3.72. The summed E-state index contributed by atoms with van der Waals surface area (Å²) >= 11 is 0. The highest BCUT2D eigenvalue weighted by atomic mass is 15.3. The molecule has 2 rings (SSSR count). The van der Waals surface area contributed by atoms with Crippen molar-refractivity contribution in [3.05, 3.63) is 65.3 Å². The molecule has 0 radical (unpaired) electrons. The number of allylic oxidation sites excluding steroid dienone is 6. The molecular weight excluding hydrogens is 318 g/mol. The van der Waals surface area contributed by atoms with Crippen molar-refractivity contribution in [2.24, 2.45) is 16.3 Å².